The number of hydrogen-bond acceptors (Lipinski definition) is 1. The molecule has 3 heteroatoms. The lowest BCUT2D eigenvalue weighted by atomic mass is 9.83. The van der Waals surface area contributed by atoms with Crippen molar-refractivity contribution in [3.63, 3.8) is 0 Å². The normalized spacial score (nSPS) is 16.2. The minimum Gasteiger partial charge on any atom is -0.413 e. The van der Waals surface area contributed by atoms with E-state index >= 15 is 0 Å². The van der Waals surface area contributed by atoms with Gasteiger partial charge >= 0.3 is 0 Å². The van der Waals surface area contributed by atoms with Crippen LogP contribution in [-0.2, 0) is 4.43 Å². The third-order valence-corrected chi connectivity index (χ3v) is 2.53. The van der Waals surface area contributed by atoms with Crippen LogP contribution in [0.25, 0.3) is 0 Å². The van der Waals surface area contributed by atoms with E-state index in [4.69, 9.17) is 4.43 Å². The summed E-state index contributed by atoms with van der Waals surface area (Å²) in [5.41, 5.74) is 0.190. The maximum atomic E-state index is 5.75. The molecular weight excluding hydrogens is 232 g/mol. The Morgan fingerprint density at radius 2 is 1.58 bits per heavy atom. The van der Waals surface area contributed by atoms with Gasteiger partial charge in [-0.2, -0.15) is 0 Å². The van der Waals surface area contributed by atoms with Gasteiger partial charge < -0.3 is 4.43 Å². The fourth-order valence-corrected chi connectivity index (χ4v) is 3.30. The van der Waals surface area contributed by atoms with Gasteiger partial charge in [0, 0.05) is 4.32 Å². The molecular formula is C9H19BrOSi. The molecule has 0 spiro atoms. The molecule has 2 radical (unpaired) electrons. The average Bonchev–Trinajstić information content (AvgIpc) is 1.77. The van der Waals surface area contributed by atoms with Crippen molar-refractivity contribution in [2.75, 3.05) is 0 Å². The predicted octanol–water partition coefficient (Wildman–Crippen LogP) is 3.26. The van der Waals surface area contributed by atoms with Crippen LogP contribution in [0.1, 0.15) is 34.6 Å². The fraction of sp³-hybridized carbons (Fsp3) is 1.00. The second kappa shape index (κ2) is 4.25. The van der Waals surface area contributed by atoms with Crippen molar-refractivity contribution in [3.8, 4) is 0 Å². The smallest absolute Gasteiger partial charge is 0.226 e. The first kappa shape index (κ1) is 12.7. The van der Waals surface area contributed by atoms with Crippen molar-refractivity contribution >= 4 is 25.7 Å². The molecule has 0 saturated heterocycles. The highest BCUT2D eigenvalue weighted by atomic mass is 79.9. The quantitative estimate of drug-likeness (QED) is 0.552. The monoisotopic (exact) mass is 250 g/mol. The topological polar surface area (TPSA) is 9.23 Å². The summed E-state index contributed by atoms with van der Waals surface area (Å²) in [5, 5.41) is 0. The molecule has 0 rings (SSSR count). The molecule has 0 aliphatic heterocycles. The summed E-state index contributed by atoms with van der Waals surface area (Å²) >= 11 is 3.66. The second-order valence-electron chi connectivity index (χ2n) is 4.63. The molecule has 0 amide bonds. The van der Waals surface area contributed by atoms with Crippen molar-refractivity contribution < 1.29 is 4.43 Å². The van der Waals surface area contributed by atoms with Gasteiger partial charge in [0.05, 0.1) is 6.10 Å². The number of hydrogen-bond donors (Lipinski definition) is 0. The van der Waals surface area contributed by atoms with Crippen LogP contribution in [0, 0.1) is 5.41 Å². The Hall–Kier alpha value is 0.657. The lowest BCUT2D eigenvalue weighted by molar-refractivity contribution is 0.0678. The number of halogens is 1. The molecule has 0 bridgehead atoms. The number of rotatable bonds is 3. The number of alkyl halides is 1. The highest BCUT2D eigenvalue weighted by molar-refractivity contribution is 9.10. The second-order valence-corrected chi connectivity index (χ2v) is 7.32. The van der Waals surface area contributed by atoms with Crippen molar-refractivity contribution in [2.45, 2.75) is 51.6 Å². The van der Waals surface area contributed by atoms with Crippen LogP contribution in [0.2, 0.25) is 6.55 Å². The molecule has 1 nitrogen and oxygen atoms in total. The van der Waals surface area contributed by atoms with E-state index < -0.39 is 0 Å². The van der Waals surface area contributed by atoms with Crippen molar-refractivity contribution in [3.05, 3.63) is 0 Å². The first-order valence-corrected chi connectivity index (χ1v) is 6.41. The molecule has 0 saturated carbocycles. The maximum absolute atomic E-state index is 5.75. The minimum atomic E-state index is 0.0499. The summed E-state index contributed by atoms with van der Waals surface area (Å²) in [4.78, 5) is 0. The van der Waals surface area contributed by atoms with Crippen LogP contribution in [0.5, 0.6) is 0 Å². The summed E-state index contributed by atoms with van der Waals surface area (Å²) in [7, 11) is 0.555. The van der Waals surface area contributed by atoms with Crippen LogP contribution < -0.4 is 0 Å². The molecule has 0 aromatic rings. The van der Waals surface area contributed by atoms with Gasteiger partial charge in [0.15, 0.2) is 0 Å². The van der Waals surface area contributed by atoms with E-state index in [1.54, 1.807) is 0 Å². The van der Waals surface area contributed by atoms with Gasteiger partial charge in [-0.1, -0.05) is 36.7 Å². The molecule has 72 valence electrons. The average molecular weight is 251 g/mol. The Bertz CT molecular complexity index is 120. The fourth-order valence-electron chi connectivity index (χ4n) is 1.46. The molecule has 0 aliphatic rings. The van der Waals surface area contributed by atoms with Gasteiger partial charge in [-0.15, -0.1) is 0 Å². The van der Waals surface area contributed by atoms with Gasteiger partial charge in [-0.3, -0.25) is 0 Å². The highest BCUT2D eigenvalue weighted by Gasteiger charge is 2.36. The molecule has 0 heterocycles. The van der Waals surface area contributed by atoms with Crippen LogP contribution in [0.3, 0.4) is 0 Å². The van der Waals surface area contributed by atoms with Gasteiger partial charge in [0.1, 0.15) is 0 Å². The Morgan fingerprint density at radius 3 is 1.67 bits per heavy atom. The van der Waals surface area contributed by atoms with E-state index in [1.165, 1.54) is 0 Å². The van der Waals surface area contributed by atoms with E-state index in [0.717, 1.165) is 0 Å². The van der Waals surface area contributed by atoms with E-state index in [9.17, 15) is 0 Å². The predicted molar refractivity (Wildman–Crippen MR) is 59.0 cm³/mol. The van der Waals surface area contributed by atoms with Crippen molar-refractivity contribution in [2.24, 2.45) is 5.41 Å². The zero-order valence-electron chi connectivity index (χ0n) is 8.86. The molecule has 12 heavy (non-hydrogen) atoms. The van der Waals surface area contributed by atoms with E-state index in [1.807, 2.05) is 0 Å². The third-order valence-electron chi connectivity index (χ3n) is 1.65. The first-order valence-electron chi connectivity index (χ1n) is 4.21. The maximum Gasteiger partial charge on any atom is 0.226 e. The molecule has 1 atom stereocenters. The molecule has 0 aromatic carbocycles. The molecule has 0 N–H and O–H groups in total. The standard InChI is InChI=1S/C9H19BrOSi/c1-8(2,3)7(11-12-6)9(4,5)10/h7H,1-6H3. The van der Waals surface area contributed by atoms with Crippen LogP contribution in [-0.4, -0.2) is 20.2 Å². The van der Waals surface area contributed by atoms with E-state index in [-0.39, 0.29) is 15.8 Å². The molecule has 0 aromatic heterocycles. The van der Waals surface area contributed by atoms with Crippen molar-refractivity contribution in [1.82, 2.24) is 0 Å². The summed E-state index contributed by atoms with van der Waals surface area (Å²) in [6, 6.07) is 0. The van der Waals surface area contributed by atoms with Gasteiger partial charge in [0.2, 0.25) is 9.76 Å². The SMILES string of the molecule is C[Si]OC(C(C)(C)C)C(C)(C)Br. The largest absolute Gasteiger partial charge is 0.413 e. The van der Waals surface area contributed by atoms with E-state index in [2.05, 4.69) is 57.1 Å². The zero-order valence-corrected chi connectivity index (χ0v) is 11.4. The summed E-state index contributed by atoms with van der Waals surface area (Å²) < 4.78 is 5.80. The Balaban J connectivity index is 4.45. The van der Waals surface area contributed by atoms with Crippen LogP contribution >= 0.6 is 15.9 Å². The van der Waals surface area contributed by atoms with Gasteiger partial charge in [-0.05, 0) is 25.8 Å². The zero-order chi connectivity index (χ0) is 9.99. The van der Waals surface area contributed by atoms with Crippen LogP contribution in [0.15, 0.2) is 0 Å². The first-order chi connectivity index (χ1) is 5.19. The summed E-state index contributed by atoms with van der Waals surface area (Å²) in [5.74, 6) is 0. The van der Waals surface area contributed by atoms with Gasteiger partial charge in [0.25, 0.3) is 0 Å². The third kappa shape index (κ3) is 4.05. The molecule has 1 unspecified atom stereocenters. The highest BCUT2D eigenvalue weighted by Crippen LogP contribution is 2.35. The molecule has 0 aliphatic carbocycles. The Labute approximate surface area is 87.3 Å². The minimum absolute atomic E-state index is 0.0499. The van der Waals surface area contributed by atoms with Crippen molar-refractivity contribution in [1.29, 1.82) is 0 Å². The van der Waals surface area contributed by atoms with Crippen LogP contribution in [0.4, 0.5) is 0 Å². The lowest BCUT2D eigenvalue weighted by Gasteiger charge is -2.39. The summed E-state index contributed by atoms with van der Waals surface area (Å²) in [6.07, 6.45) is 0.258. The summed E-state index contributed by atoms with van der Waals surface area (Å²) in [6.45, 7) is 13.0. The Kier molecular flexibility index (Phi) is 4.48. The van der Waals surface area contributed by atoms with E-state index in [0.29, 0.717) is 9.76 Å². The lowest BCUT2D eigenvalue weighted by Crippen LogP contribution is -2.43. The Morgan fingerprint density at radius 1 is 1.17 bits per heavy atom. The van der Waals surface area contributed by atoms with Gasteiger partial charge in [-0.25, -0.2) is 0 Å². The molecule has 0 fully saturated rings.